The molecule has 3 nitrogen and oxygen atoms in total. The number of halogens is 2. The van der Waals surface area contributed by atoms with Gasteiger partial charge in [0.15, 0.2) is 11.6 Å². The fraction of sp³-hybridized carbons (Fsp3) is 0.125. The molecule has 0 bridgehead atoms. The summed E-state index contributed by atoms with van der Waals surface area (Å²) in [7, 11) is -3.70. The third-order valence-corrected chi connectivity index (χ3v) is 4.20. The van der Waals surface area contributed by atoms with Crippen LogP contribution in [0, 0.1) is 11.6 Å². The summed E-state index contributed by atoms with van der Waals surface area (Å²) in [6, 6.07) is 11.6. The van der Waals surface area contributed by atoms with Gasteiger partial charge >= 0.3 is 0 Å². The van der Waals surface area contributed by atoms with Crippen molar-refractivity contribution in [3.63, 3.8) is 0 Å². The zero-order chi connectivity index (χ0) is 16.2. The molecule has 0 aromatic heterocycles. The summed E-state index contributed by atoms with van der Waals surface area (Å²) >= 11 is 0. The Hall–Kier alpha value is -2.05. The zero-order valence-corrected chi connectivity index (χ0v) is 12.6. The molecule has 1 N–H and O–H groups in total. The Labute approximate surface area is 128 Å². The van der Waals surface area contributed by atoms with Gasteiger partial charge in [-0.2, -0.15) is 0 Å². The number of nitrogens with one attached hydrogen (secondary N) is 1. The topological polar surface area (TPSA) is 46.2 Å². The Morgan fingerprint density at radius 3 is 2.36 bits per heavy atom. The monoisotopic (exact) mass is 323 g/mol. The summed E-state index contributed by atoms with van der Waals surface area (Å²) in [6.07, 6.45) is 1.46. The molecule has 0 fully saturated rings. The maximum Gasteiger partial charge on any atom is 0.234 e. The zero-order valence-electron chi connectivity index (χ0n) is 11.8. The lowest BCUT2D eigenvalue weighted by Gasteiger charge is -2.13. The highest BCUT2D eigenvalue weighted by molar-refractivity contribution is 7.92. The van der Waals surface area contributed by atoms with Crippen molar-refractivity contribution in [3.05, 3.63) is 76.7 Å². The molecule has 0 heterocycles. The van der Waals surface area contributed by atoms with E-state index in [1.54, 1.807) is 31.2 Å². The van der Waals surface area contributed by atoms with E-state index in [1.165, 1.54) is 12.1 Å². The Morgan fingerprint density at radius 2 is 1.73 bits per heavy atom. The fourth-order valence-electron chi connectivity index (χ4n) is 1.87. The molecule has 6 heteroatoms. The van der Waals surface area contributed by atoms with Gasteiger partial charge in [0, 0.05) is 11.4 Å². The molecule has 0 saturated carbocycles. The number of hydrogen-bond donors (Lipinski definition) is 1. The second kappa shape index (κ2) is 6.81. The molecule has 0 spiro atoms. The SMILES string of the molecule is C[C@H](NS(=O)(=O)/C=C/c1ccccc1)c1ccc(F)c(F)c1. The first-order chi connectivity index (χ1) is 10.4. The van der Waals surface area contributed by atoms with Crippen LogP contribution in [-0.4, -0.2) is 8.42 Å². The average molecular weight is 323 g/mol. The summed E-state index contributed by atoms with van der Waals surface area (Å²) in [4.78, 5) is 0. The van der Waals surface area contributed by atoms with Crippen LogP contribution in [0.25, 0.3) is 6.08 Å². The van der Waals surface area contributed by atoms with Gasteiger partial charge in [-0.1, -0.05) is 36.4 Å². The van der Waals surface area contributed by atoms with E-state index < -0.39 is 27.7 Å². The lowest BCUT2D eigenvalue weighted by atomic mass is 10.1. The predicted molar refractivity (Wildman–Crippen MR) is 82.3 cm³/mol. The first-order valence-corrected chi connectivity index (χ1v) is 8.12. The van der Waals surface area contributed by atoms with Crippen LogP contribution >= 0.6 is 0 Å². The van der Waals surface area contributed by atoms with Gasteiger partial charge < -0.3 is 0 Å². The number of hydrogen-bond acceptors (Lipinski definition) is 2. The first-order valence-electron chi connectivity index (χ1n) is 6.58. The van der Waals surface area contributed by atoms with Crippen LogP contribution in [0.15, 0.2) is 53.9 Å². The molecule has 0 unspecified atom stereocenters. The highest BCUT2D eigenvalue weighted by Gasteiger charge is 2.14. The molecule has 2 aromatic carbocycles. The summed E-state index contributed by atoms with van der Waals surface area (Å²) in [5.41, 5.74) is 1.09. The molecule has 116 valence electrons. The van der Waals surface area contributed by atoms with E-state index >= 15 is 0 Å². The third kappa shape index (κ3) is 4.47. The summed E-state index contributed by atoms with van der Waals surface area (Å²) < 4.78 is 52.4. The molecule has 2 aromatic rings. The van der Waals surface area contributed by atoms with Gasteiger partial charge in [0.25, 0.3) is 0 Å². The molecule has 0 aliphatic carbocycles. The van der Waals surface area contributed by atoms with Crippen molar-refractivity contribution >= 4 is 16.1 Å². The van der Waals surface area contributed by atoms with E-state index in [1.807, 2.05) is 6.07 Å². The van der Waals surface area contributed by atoms with E-state index in [4.69, 9.17) is 0 Å². The summed E-state index contributed by atoms with van der Waals surface area (Å²) in [5.74, 6) is -1.98. The maximum atomic E-state index is 13.2. The van der Waals surface area contributed by atoms with Crippen molar-refractivity contribution < 1.29 is 17.2 Å². The minimum Gasteiger partial charge on any atom is -0.208 e. The molecule has 0 radical (unpaired) electrons. The molecule has 22 heavy (non-hydrogen) atoms. The van der Waals surface area contributed by atoms with Gasteiger partial charge in [-0.25, -0.2) is 21.9 Å². The van der Waals surface area contributed by atoms with Crippen LogP contribution in [0.2, 0.25) is 0 Å². The maximum absolute atomic E-state index is 13.2. The molecule has 0 aliphatic rings. The molecule has 0 amide bonds. The number of benzene rings is 2. The Balaban J connectivity index is 2.11. The fourth-order valence-corrected chi connectivity index (χ4v) is 2.91. The van der Waals surface area contributed by atoms with Crippen LogP contribution < -0.4 is 4.72 Å². The van der Waals surface area contributed by atoms with E-state index in [0.717, 1.165) is 23.1 Å². The molecule has 0 aliphatic heterocycles. The van der Waals surface area contributed by atoms with Gasteiger partial charge in [0.1, 0.15) is 0 Å². The average Bonchev–Trinajstić information content (AvgIpc) is 2.49. The molecular weight excluding hydrogens is 308 g/mol. The van der Waals surface area contributed by atoms with E-state index in [0.29, 0.717) is 5.56 Å². The van der Waals surface area contributed by atoms with Crippen LogP contribution in [0.5, 0.6) is 0 Å². The van der Waals surface area contributed by atoms with Crippen molar-refractivity contribution in [1.82, 2.24) is 4.72 Å². The summed E-state index contributed by atoms with van der Waals surface area (Å²) in [6.45, 7) is 1.56. The van der Waals surface area contributed by atoms with Crippen LogP contribution in [-0.2, 0) is 10.0 Å². The van der Waals surface area contributed by atoms with Gasteiger partial charge in [-0.05, 0) is 36.3 Å². The largest absolute Gasteiger partial charge is 0.234 e. The normalized spacial score (nSPS) is 13.4. The van der Waals surface area contributed by atoms with E-state index in [9.17, 15) is 17.2 Å². The van der Waals surface area contributed by atoms with E-state index in [-0.39, 0.29) is 0 Å². The van der Waals surface area contributed by atoms with Gasteiger partial charge in [0.05, 0.1) is 0 Å². The van der Waals surface area contributed by atoms with Crippen molar-refractivity contribution in [2.45, 2.75) is 13.0 Å². The quantitative estimate of drug-likeness (QED) is 0.913. The predicted octanol–water partition coefficient (Wildman–Crippen LogP) is 3.62. The van der Waals surface area contributed by atoms with Crippen molar-refractivity contribution in [1.29, 1.82) is 0 Å². The minimum atomic E-state index is -3.70. The molecule has 0 saturated heterocycles. The molecule has 2 rings (SSSR count). The smallest absolute Gasteiger partial charge is 0.208 e. The highest BCUT2D eigenvalue weighted by Crippen LogP contribution is 2.17. The molecule has 1 atom stereocenters. The molecular formula is C16H15F2NO2S. The lowest BCUT2D eigenvalue weighted by molar-refractivity contribution is 0.504. The second-order valence-corrected chi connectivity index (χ2v) is 6.37. The van der Waals surface area contributed by atoms with Crippen LogP contribution in [0.1, 0.15) is 24.1 Å². The Morgan fingerprint density at radius 1 is 1.05 bits per heavy atom. The van der Waals surface area contributed by atoms with E-state index in [2.05, 4.69) is 4.72 Å². The van der Waals surface area contributed by atoms with Crippen LogP contribution in [0.3, 0.4) is 0 Å². The number of sulfonamides is 1. The third-order valence-electron chi connectivity index (χ3n) is 3.02. The summed E-state index contributed by atoms with van der Waals surface area (Å²) in [5, 5.41) is 1.04. The van der Waals surface area contributed by atoms with Crippen molar-refractivity contribution in [2.75, 3.05) is 0 Å². The highest BCUT2D eigenvalue weighted by atomic mass is 32.2. The second-order valence-electron chi connectivity index (χ2n) is 4.77. The first kappa shape index (κ1) is 16.3. The lowest BCUT2D eigenvalue weighted by Crippen LogP contribution is -2.24. The van der Waals surface area contributed by atoms with Gasteiger partial charge in [-0.15, -0.1) is 0 Å². The number of rotatable bonds is 5. The standard InChI is InChI=1S/C16H15F2NO2S/c1-12(14-7-8-15(17)16(18)11-14)19-22(20,21)10-9-13-5-3-2-4-6-13/h2-12,19H,1H3/b10-9+/t12-/m0/s1. The van der Waals surface area contributed by atoms with Crippen LogP contribution in [0.4, 0.5) is 8.78 Å². The van der Waals surface area contributed by atoms with Gasteiger partial charge in [0.2, 0.25) is 10.0 Å². The van der Waals surface area contributed by atoms with Crippen molar-refractivity contribution in [3.8, 4) is 0 Å². The Bertz CT molecular complexity index is 774. The van der Waals surface area contributed by atoms with Gasteiger partial charge in [-0.3, -0.25) is 0 Å². The minimum absolute atomic E-state index is 0.343. The Kier molecular flexibility index (Phi) is 5.05. The van der Waals surface area contributed by atoms with Crippen molar-refractivity contribution in [2.24, 2.45) is 0 Å².